The lowest BCUT2D eigenvalue weighted by Crippen LogP contribution is -2.29. The molecule has 1 aliphatic rings. The third-order valence-electron chi connectivity index (χ3n) is 7.11. The van der Waals surface area contributed by atoms with E-state index in [1.165, 1.54) is 33.8 Å². The Kier molecular flexibility index (Phi) is 6.44. The summed E-state index contributed by atoms with van der Waals surface area (Å²) in [6, 6.07) is 26.0. The molecule has 0 unspecified atom stereocenters. The SMILES string of the molecule is CCc1ccc(N2C(=S)N[C@H](c3ccccn3)[C@@H]2c2cc(C)n(-c3ccc(CC)cc3)c2C)cc1. The lowest BCUT2D eigenvalue weighted by atomic mass is 9.96. The average Bonchev–Trinajstić information content (AvgIpc) is 3.39. The highest BCUT2D eigenvalue weighted by Crippen LogP contribution is 2.43. The van der Waals surface area contributed by atoms with Crippen LogP contribution in [0.1, 0.15) is 59.7 Å². The average molecular weight is 481 g/mol. The molecule has 35 heavy (non-hydrogen) atoms. The van der Waals surface area contributed by atoms with Crippen molar-refractivity contribution in [1.29, 1.82) is 0 Å². The fourth-order valence-electron chi connectivity index (χ4n) is 5.21. The van der Waals surface area contributed by atoms with Crippen LogP contribution in [0.25, 0.3) is 5.69 Å². The molecular weight excluding hydrogens is 448 g/mol. The third-order valence-corrected chi connectivity index (χ3v) is 7.43. The quantitative estimate of drug-likeness (QED) is 0.308. The smallest absolute Gasteiger partial charge is 0.174 e. The number of hydrogen-bond donors (Lipinski definition) is 1. The summed E-state index contributed by atoms with van der Waals surface area (Å²) >= 11 is 5.92. The first-order chi connectivity index (χ1) is 17.0. The van der Waals surface area contributed by atoms with E-state index in [1.807, 2.05) is 18.3 Å². The van der Waals surface area contributed by atoms with Crippen molar-refractivity contribution in [3.8, 4) is 5.69 Å². The monoisotopic (exact) mass is 480 g/mol. The molecule has 2 aromatic heterocycles. The minimum atomic E-state index is -0.0500. The van der Waals surface area contributed by atoms with Crippen LogP contribution in [0.4, 0.5) is 5.69 Å². The molecule has 3 heterocycles. The Labute approximate surface area is 213 Å². The normalized spacial score (nSPS) is 17.6. The Morgan fingerprint density at radius 1 is 0.857 bits per heavy atom. The van der Waals surface area contributed by atoms with Crippen molar-refractivity contribution in [2.45, 2.75) is 52.6 Å². The van der Waals surface area contributed by atoms with Gasteiger partial charge >= 0.3 is 0 Å². The van der Waals surface area contributed by atoms with Gasteiger partial charge in [0, 0.05) is 29.0 Å². The van der Waals surface area contributed by atoms with E-state index in [0.29, 0.717) is 0 Å². The second kappa shape index (κ2) is 9.67. The lowest BCUT2D eigenvalue weighted by Gasteiger charge is -2.28. The van der Waals surface area contributed by atoms with E-state index in [4.69, 9.17) is 17.2 Å². The minimum Gasteiger partial charge on any atom is -0.351 e. The maximum absolute atomic E-state index is 5.92. The zero-order valence-corrected chi connectivity index (χ0v) is 21.6. The van der Waals surface area contributed by atoms with Crippen LogP contribution in [-0.2, 0) is 12.8 Å². The molecule has 4 aromatic rings. The third kappa shape index (κ3) is 4.25. The highest BCUT2D eigenvalue weighted by molar-refractivity contribution is 7.80. The molecule has 178 valence electrons. The van der Waals surface area contributed by atoms with E-state index in [0.717, 1.165) is 29.3 Å². The molecule has 4 nitrogen and oxygen atoms in total. The molecular formula is C30H32N4S. The molecule has 1 aliphatic heterocycles. The van der Waals surface area contributed by atoms with Gasteiger partial charge in [-0.1, -0.05) is 44.2 Å². The topological polar surface area (TPSA) is 33.1 Å². The van der Waals surface area contributed by atoms with Crippen LogP contribution < -0.4 is 10.2 Å². The molecule has 1 saturated heterocycles. The Balaban J connectivity index is 1.64. The molecule has 1 N–H and O–H groups in total. The van der Waals surface area contributed by atoms with Crippen LogP contribution in [-0.4, -0.2) is 14.7 Å². The summed E-state index contributed by atoms with van der Waals surface area (Å²) in [6.07, 6.45) is 3.91. The van der Waals surface area contributed by atoms with Crippen LogP contribution in [0.15, 0.2) is 79.0 Å². The standard InChI is InChI=1S/C30H32N4S/c1-5-22-10-14-24(15-11-22)33-20(3)19-26(21(33)4)29-28(27-9-7-8-18-31-27)32-30(35)34(29)25-16-12-23(6-2)13-17-25/h7-19,28-29H,5-6H2,1-4H3,(H,32,35)/t28-,29+/m1/s1. The fraction of sp³-hybridized carbons (Fsp3) is 0.267. The molecule has 0 spiro atoms. The van der Waals surface area contributed by atoms with Crippen LogP contribution in [0.2, 0.25) is 0 Å². The van der Waals surface area contributed by atoms with Crippen LogP contribution in [0.5, 0.6) is 0 Å². The number of aromatic nitrogens is 2. The predicted molar refractivity (Wildman–Crippen MR) is 148 cm³/mol. The summed E-state index contributed by atoms with van der Waals surface area (Å²) in [7, 11) is 0. The van der Waals surface area contributed by atoms with E-state index in [1.54, 1.807) is 0 Å². The summed E-state index contributed by atoms with van der Waals surface area (Å²) in [5.41, 5.74) is 9.62. The summed E-state index contributed by atoms with van der Waals surface area (Å²) in [4.78, 5) is 6.97. The van der Waals surface area contributed by atoms with Gasteiger partial charge in [0.05, 0.1) is 17.8 Å². The maximum Gasteiger partial charge on any atom is 0.174 e. The van der Waals surface area contributed by atoms with Crippen molar-refractivity contribution in [2.24, 2.45) is 0 Å². The van der Waals surface area contributed by atoms with Crippen LogP contribution >= 0.6 is 12.2 Å². The van der Waals surface area contributed by atoms with Gasteiger partial charge in [-0.3, -0.25) is 4.98 Å². The van der Waals surface area contributed by atoms with Gasteiger partial charge in [-0.2, -0.15) is 0 Å². The molecule has 5 rings (SSSR count). The Bertz CT molecular complexity index is 1320. The summed E-state index contributed by atoms with van der Waals surface area (Å²) < 4.78 is 2.35. The van der Waals surface area contributed by atoms with Crippen LogP contribution in [0.3, 0.4) is 0 Å². The van der Waals surface area contributed by atoms with E-state index in [-0.39, 0.29) is 12.1 Å². The Morgan fingerprint density at radius 2 is 1.49 bits per heavy atom. The first-order valence-electron chi connectivity index (χ1n) is 12.4. The maximum atomic E-state index is 5.92. The number of anilines is 1. The zero-order valence-electron chi connectivity index (χ0n) is 20.8. The molecule has 0 bridgehead atoms. The molecule has 2 atom stereocenters. The number of aryl methyl sites for hydroxylation is 3. The number of rotatable bonds is 6. The van der Waals surface area contributed by atoms with Crippen molar-refractivity contribution < 1.29 is 0 Å². The van der Waals surface area contributed by atoms with Crippen molar-refractivity contribution in [2.75, 3.05) is 4.90 Å². The first-order valence-corrected chi connectivity index (χ1v) is 12.8. The molecule has 0 amide bonds. The second-order valence-electron chi connectivity index (χ2n) is 9.20. The molecule has 0 radical (unpaired) electrons. The fourth-order valence-corrected chi connectivity index (χ4v) is 5.55. The predicted octanol–water partition coefficient (Wildman–Crippen LogP) is 6.79. The second-order valence-corrected chi connectivity index (χ2v) is 9.59. The summed E-state index contributed by atoms with van der Waals surface area (Å²) in [5.74, 6) is 0. The van der Waals surface area contributed by atoms with Gasteiger partial charge in [-0.15, -0.1) is 0 Å². The molecule has 5 heteroatoms. The highest BCUT2D eigenvalue weighted by atomic mass is 32.1. The number of nitrogens with zero attached hydrogens (tertiary/aromatic N) is 3. The van der Waals surface area contributed by atoms with E-state index in [2.05, 4.69) is 103 Å². The molecule has 1 fully saturated rings. The summed E-state index contributed by atoms with van der Waals surface area (Å²) in [5, 5.41) is 4.32. The van der Waals surface area contributed by atoms with Crippen molar-refractivity contribution in [3.63, 3.8) is 0 Å². The van der Waals surface area contributed by atoms with Crippen molar-refractivity contribution in [3.05, 3.63) is 113 Å². The van der Waals surface area contributed by atoms with Gasteiger partial charge in [0.2, 0.25) is 0 Å². The highest BCUT2D eigenvalue weighted by Gasteiger charge is 2.42. The van der Waals surface area contributed by atoms with Crippen molar-refractivity contribution >= 4 is 23.0 Å². The lowest BCUT2D eigenvalue weighted by molar-refractivity contribution is 0.565. The number of pyridine rings is 1. The van der Waals surface area contributed by atoms with Gasteiger partial charge in [0.25, 0.3) is 0 Å². The molecule has 0 aliphatic carbocycles. The van der Waals surface area contributed by atoms with Gasteiger partial charge in [0.1, 0.15) is 0 Å². The largest absolute Gasteiger partial charge is 0.351 e. The molecule has 2 aromatic carbocycles. The minimum absolute atomic E-state index is 0.0141. The zero-order chi connectivity index (χ0) is 24.5. The van der Waals surface area contributed by atoms with E-state index >= 15 is 0 Å². The van der Waals surface area contributed by atoms with Crippen molar-refractivity contribution in [1.82, 2.24) is 14.9 Å². The van der Waals surface area contributed by atoms with E-state index < -0.39 is 0 Å². The van der Waals surface area contributed by atoms with Crippen LogP contribution in [0, 0.1) is 13.8 Å². The number of nitrogens with one attached hydrogen (secondary N) is 1. The first kappa shape index (κ1) is 23.3. The Morgan fingerprint density at radius 3 is 2.06 bits per heavy atom. The van der Waals surface area contributed by atoms with Gasteiger partial charge in [0.15, 0.2) is 5.11 Å². The molecule has 0 saturated carbocycles. The number of thiocarbonyl (C=S) groups is 1. The number of hydrogen-bond acceptors (Lipinski definition) is 2. The van der Waals surface area contributed by atoms with Gasteiger partial charge in [-0.25, -0.2) is 0 Å². The number of benzene rings is 2. The summed E-state index contributed by atoms with van der Waals surface area (Å²) in [6.45, 7) is 8.76. The Hall–Kier alpha value is -3.44. The van der Waals surface area contributed by atoms with Gasteiger partial charge < -0.3 is 14.8 Å². The van der Waals surface area contributed by atoms with E-state index in [9.17, 15) is 0 Å². The van der Waals surface area contributed by atoms with Gasteiger partial charge in [-0.05, 0) is 98.1 Å².